The molecule has 1 saturated carbocycles. The molecule has 0 radical (unpaired) electrons. The van der Waals surface area contributed by atoms with Gasteiger partial charge in [0.15, 0.2) is 0 Å². The number of benzene rings is 1. The van der Waals surface area contributed by atoms with Crippen molar-refractivity contribution in [3.63, 3.8) is 0 Å². The van der Waals surface area contributed by atoms with Crippen molar-refractivity contribution >= 4 is 29.2 Å². The van der Waals surface area contributed by atoms with Crippen molar-refractivity contribution in [2.45, 2.75) is 19.3 Å². The van der Waals surface area contributed by atoms with Crippen LogP contribution in [0.5, 0.6) is 0 Å². The second-order valence-corrected chi connectivity index (χ2v) is 6.86. The van der Waals surface area contributed by atoms with Crippen LogP contribution >= 0.6 is 11.6 Å². The smallest absolute Gasteiger partial charge is 0.306 e. The van der Waals surface area contributed by atoms with Gasteiger partial charge < -0.3 is 14.9 Å². The number of halogens is 2. The zero-order valence-electron chi connectivity index (χ0n) is 13.3. The highest BCUT2D eigenvalue weighted by molar-refractivity contribution is 6.33. The zero-order chi connectivity index (χ0) is 17.3. The molecule has 1 aliphatic carbocycles. The number of carbonyl (C=O) groups excluding carboxylic acids is 1. The molecule has 0 spiro atoms. The van der Waals surface area contributed by atoms with Crippen LogP contribution in [-0.4, -0.2) is 48.1 Å². The molecule has 130 valence electrons. The van der Waals surface area contributed by atoms with Gasteiger partial charge >= 0.3 is 5.97 Å². The number of piperazine rings is 1. The van der Waals surface area contributed by atoms with E-state index < -0.39 is 11.9 Å². The van der Waals surface area contributed by atoms with Crippen LogP contribution in [0.4, 0.5) is 10.1 Å². The van der Waals surface area contributed by atoms with Gasteiger partial charge in [-0.1, -0.05) is 11.6 Å². The zero-order valence-corrected chi connectivity index (χ0v) is 14.0. The first-order valence-corrected chi connectivity index (χ1v) is 8.55. The molecule has 0 bridgehead atoms. The Morgan fingerprint density at radius 3 is 2.38 bits per heavy atom. The summed E-state index contributed by atoms with van der Waals surface area (Å²) in [5.41, 5.74) is 0.775. The standard InChI is InChI=1S/C17H20ClFN2O3/c18-14-10-13(19)3-4-15(14)20-5-7-21(8-6-20)16(22)11-1-2-12(9-11)17(23)24/h3-4,10-12H,1-2,5-9H2,(H,23,24)/t11-,12+/m0/s1. The number of anilines is 1. The fourth-order valence-corrected chi connectivity index (χ4v) is 3.88. The first-order chi connectivity index (χ1) is 11.5. The number of hydrogen-bond acceptors (Lipinski definition) is 3. The second-order valence-electron chi connectivity index (χ2n) is 6.45. The number of hydrogen-bond donors (Lipinski definition) is 1. The molecule has 24 heavy (non-hydrogen) atoms. The van der Waals surface area contributed by atoms with Crippen molar-refractivity contribution in [2.24, 2.45) is 11.8 Å². The summed E-state index contributed by atoms with van der Waals surface area (Å²) >= 11 is 6.09. The lowest BCUT2D eigenvalue weighted by molar-refractivity contribution is -0.141. The molecule has 2 aliphatic rings. The number of aliphatic carboxylic acids is 1. The average molecular weight is 355 g/mol. The van der Waals surface area contributed by atoms with E-state index in [4.69, 9.17) is 16.7 Å². The highest BCUT2D eigenvalue weighted by Crippen LogP contribution is 2.33. The maximum Gasteiger partial charge on any atom is 0.306 e. The largest absolute Gasteiger partial charge is 0.481 e. The number of carboxylic acid groups (broad SMARTS) is 1. The predicted molar refractivity (Wildman–Crippen MR) is 88.7 cm³/mol. The van der Waals surface area contributed by atoms with Gasteiger partial charge in [-0.3, -0.25) is 9.59 Å². The van der Waals surface area contributed by atoms with Gasteiger partial charge in [0.25, 0.3) is 0 Å². The third-order valence-electron chi connectivity index (χ3n) is 4.97. The van der Waals surface area contributed by atoms with E-state index in [2.05, 4.69) is 0 Å². The van der Waals surface area contributed by atoms with E-state index in [0.717, 1.165) is 5.69 Å². The Balaban J connectivity index is 1.57. The lowest BCUT2D eigenvalue weighted by atomic mass is 10.0. The van der Waals surface area contributed by atoms with E-state index in [-0.39, 0.29) is 17.6 Å². The van der Waals surface area contributed by atoms with Crippen LogP contribution in [0, 0.1) is 17.7 Å². The van der Waals surface area contributed by atoms with Gasteiger partial charge in [-0.25, -0.2) is 4.39 Å². The van der Waals surface area contributed by atoms with E-state index in [1.54, 1.807) is 6.07 Å². The lowest BCUT2D eigenvalue weighted by Crippen LogP contribution is -2.50. The minimum atomic E-state index is -0.805. The van der Waals surface area contributed by atoms with Crippen LogP contribution in [0.1, 0.15) is 19.3 Å². The third kappa shape index (κ3) is 3.48. The third-order valence-corrected chi connectivity index (χ3v) is 5.28. The summed E-state index contributed by atoms with van der Waals surface area (Å²) in [7, 11) is 0. The molecular formula is C17H20ClFN2O3. The molecule has 3 rings (SSSR count). The molecule has 1 saturated heterocycles. The molecule has 1 amide bonds. The molecule has 0 aromatic heterocycles. The summed E-state index contributed by atoms with van der Waals surface area (Å²) < 4.78 is 13.1. The minimum absolute atomic E-state index is 0.0589. The Morgan fingerprint density at radius 2 is 1.79 bits per heavy atom. The van der Waals surface area contributed by atoms with Crippen molar-refractivity contribution in [3.8, 4) is 0 Å². The van der Waals surface area contributed by atoms with Gasteiger partial charge in [0.2, 0.25) is 5.91 Å². The summed E-state index contributed by atoms with van der Waals surface area (Å²) in [5, 5.41) is 9.43. The molecule has 0 unspecified atom stereocenters. The molecule has 1 heterocycles. The fraction of sp³-hybridized carbons (Fsp3) is 0.529. The van der Waals surface area contributed by atoms with Crippen LogP contribution in [-0.2, 0) is 9.59 Å². The molecule has 7 heteroatoms. The molecule has 1 aromatic rings. The van der Waals surface area contributed by atoms with E-state index >= 15 is 0 Å². The summed E-state index contributed by atoms with van der Waals surface area (Å²) in [4.78, 5) is 27.4. The Bertz CT molecular complexity index is 647. The second kappa shape index (κ2) is 6.97. The normalized spacial score (nSPS) is 24.2. The summed E-state index contributed by atoms with van der Waals surface area (Å²) in [5.74, 6) is -1.68. The first kappa shape index (κ1) is 17.0. The van der Waals surface area contributed by atoms with Crippen LogP contribution in [0.15, 0.2) is 18.2 Å². The molecule has 1 aliphatic heterocycles. The first-order valence-electron chi connectivity index (χ1n) is 8.17. The SMILES string of the molecule is O=C(O)[C@@H]1CC[C@H](C(=O)N2CCN(c3ccc(F)cc3Cl)CC2)C1. The maximum absolute atomic E-state index is 13.1. The number of carbonyl (C=O) groups is 2. The van der Waals surface area contributed by atoms with E-state index in [0.29, 0.717) is 50.5 Å². The van der Waals surface area contributed by atoms with Crippen LogP contribution in [0.2, 0.25) is 5.02 Å². The van der Waals surface area contributed by atoms with Crippen molar-refractivity contribution < 1.29 is 19.1 Å². The Labute approximate surface area is 145 Å². The Kier molecular flexibility index (Phi) is 4.94. The Morgan fingerprint density at radius 1 is 1.12 bits per heavy atom. The van der Waals surface area contributed by atoms with Crippen molar-refractivity contribution in [3.05, 3.63) is 29.0 Å². The van der Waals surface area contributed by atoms with Gasteiger partial charge in [-0.2, -0.15) is 0 Å². The molecule has 2 fully saturated rings. The van der Waals surface area contributed by atoms with E-state index in [9.17, 15) is 14.0 Å². The maximum atomic E-state index is 13.1. The number of amides is 1. The molecular weight excluding hydrogens is 335 g/mol. The van der Waals surface area contributed by atoms with Gasteiger partial charge in [0, 0.05) is 32.1 Å². The van der Waals surface area contributed by atoms with E-state index in [1.807, 2.05) is 9.80 Å². The molecule has 1 N–H and O–H groups in total. The highest BCUT2D eigenvalue weighted by Gasteiger charge is 2.36. The van der Waals surface area contributed by atoms with E-state index in [1.165, 1.54) is 12.1 Å². The number of carboxylic acids is 1. The average Bonchev–Trinajstić information content (AvgIpc) is 3.05. The summed E-state index contributed by atoms with van der Waals surface area (Å²) in [6.07, 6.45) is 1.68. The van der Waals surface area contributed by atoms with Gasteiger partial charge in [-0.15, -0.1) is 0 Å². The summed E-state index contributed by atoms with van der Waals surface area (Å²) in [6, 6.07) is 4.33. The van der Waals surface area contributed by atoms with Crippen LogP contribution in [0.25, 0.3) is 0 Å². The minimum Gasteiger partial charge on any atom is -0.481 e. The van der Waals surface area contributed by atoms with Gasteiger partial charge in [0.05, 0.1) is 16.6 Å². The topological polar surface area (TPSA) is 60.9 Å². The molecule has 2 atom stereocenters. The molecule has 5 nitrogen and oxygen atoms in total. The molecule has 1 aromatic carbocycles. The highest BCUT2D eigenvalue weighted by atomic mass is 35.5. The Hall–Kier alpha value is -1.82. The lowest BCUT2D eigenvalue weighted by Gasteiger charge is -2.37. The van der Waals surface area contributed by atoms with Crippen molar-refractivity contribution in [2.75, 3.05) is 31.1 Å². The van der Waals surface area contributed by atoms with Crippen molar-refractivity contribution in [1.29, 1.82) is 0 Å². The predicted octanol–water partition coefficient (Wildman–Crippen LogP) is 2.63. The fourth-order valence-electron chi connectivity index (χ4n) is 3.59. The van der Waals surface area contributed by atoms with Gasteiger partial charge in [0.1, 0.15) is 5.82 Å². The van der Waals surface area contributed by atoms with Crippen LogP contribution in [0.3, 0.4) is 0 Å². The van der Waals surface area contributed by atoms with Crippen molar-refractivity contribution in [1.82, 2.24) is 4.90 Å². The number of nitrogens with zero attached hydrogens (tertiary/aromatic N) is 2. The monoisotopic (exact) mass is 354 g/mol. The van der Waals surface area contributed by atoms with Gasteiger partial charge in [-0.05, 0) is 37.5 Å². The van der Waals surface area contributed by atoms with Crippen LogP contribution < -0.4 is 4.90 Å². The summed E-state index contributed by atoms with van der Waals surface area (Å²) in [6.45, 7) is 2.40. The number of rotatable bonds is 3. The quantitative estimate of drug-likeness (QED) is 0.906.